The first-order valence-corrected chi connectivity index (χ1v) is 8.60. The molecule has 1 aromatic carbocycles. The van der Waals surface area contributed by atoms with Crippen LogP contribution in [0.25, 0.3) is 0 Å². The summed E-state index contributed by atoms with van der Waals surface area (Å²) in [5.41, 5.74) is 0.736. The number of benzene rings is 1. The Morgan fingerprint density at radius 2 is 1.83 bits per heavy atom. The van der Waals surface area contributed by atoms with Crippen LogP contribution in [0.1, 0.15) is 38.8 Å². The molecule has 24 heavy (non-hydrogen) atoms. The molecule has 0 aromatic heterocycles. The summed E-state index contributed by atoms with van der Waals surface area (Å²) in [5.74, 6) is 0.0828. The number of hydrogen-bond donors (Lipinski definition) is 1. The lowest BCUT2D eigenvalue weighted by Crippen LogP contribution is -2.50. The molecule has 1 N–H and O–H groups in total. The highest BCUT2D eigenvalue weighted by Gasteiger charge is 2.30. The van der Waals surface area contributed by atoms with Gasteiger partial charge in [-0.1, -0.05) is 51.1 Å². The number of nitrogens with zero attached hydrogens (tertiary/aromatic N) is 2. The standard InChI is InChI=1S/C19H29N3O2/c1-19(2,3)18(24)20-11-10-17(23)22-13-12-21(4)14-16(22)15-8-6-5-7-9-15/h5-9,16H,10-14H2,1-4H3,(H,20,24). The summed E-state index contributed by atoms with van der Waals surface area (Å²) in [7, 11) is 2.08. The average molecular weight is 331 g/mol. The molecule has 1 unspecified atom stereocenters. The first-order valence-electron chi connectivity index (χ1n) is 8.60. The van der Waals surface area contributed by atoms with Gasteiger partial charge in [-0.15, -0.1) is 0 Å². The summed E-state index contributed by atoms with van der Waals surface area (Å²) in [5, 5.41) is 2.86. The monoisotopic (exact) mass is 331 g/mol. The Labute approximate surface area is 145 Å². The Kier molecular flexibility index (Phi) is 5.99. The van der Waals surface area contributed by atoms with E-state index in [2.05, 4.69) is 29.4 Å². The second-order valence-electron chi connectivity index (χ2n) is 7.53. The molecule has 1 aliphatic heterocycles. The summed E-state index contributed by atoms with van der Waals surface area (Å²) in [4.78, 5) is 28.8. The molecule has 1 heterocycles. The number of carbonyl (C=O) groups excluding carboxylic acids is 2. The predicted octanol–water partition coefficient (Wildman–Crippen LogP) is 2.05. The normalized spacial score (nSPS) is 19.2. The van der Waals surface area contributed by atoms with E-state index in [0.29, 0.717) is 13.0 Å². The van der Waals surface area contributed by atoms with Crippen molar-refractivity contribution in [3.8, 4) is 0 Å². The predicted molar refractivity (Wildman–Crippen MR) is 95.5 cm³/mol. The first kappa shape index (κ1) is 18.5. The van der Waals surface area contributed by atoms with Crippen molar-refractivity contribution in [2.75, 3.05) is 33.2 Å². The molecular formula is C19H29N3O2. The second-order valence-corrected chi connectivity index (χ2v) is 7.53. The molecule has 2 rings (SSSR count). The third kappa shape index (κ3) is 4.81. The molecule has 0 aliphatic carbocycles. The average Bonchev–Trinajstić information content (AvgIpc) is 2.54. The number of carbonyl (C=O) groups is 2. The number of rotatable bonds is 4. The van der Waals surface area contributed by atoms with Crippen LogP contribution in [0.4, 0.5) is 0 Å². The fourth-order valence-electron chi connectivity index (χ4n) is 2.87. The maximum absolute atomic E-state index is 12.7. The van der Waals surface area contributed by atoms with Crippen LogP contribution < -0.4 is 5.32 Å². The van der Waals surface area contributed by atoms with Crippen LogP contribution in [0, 0.1) is 5.41 Å². The molecule has 132 valence electrons. The second kappa shape index (κ2) is 7.79. The van der Waals surface area contributed by atoms with Crippen molar-refractivity contribution < 1.29 is 9.59 Å². The lowest BCUT2D eigenvalue weighted by Gasteiger charge is -2.40. The van der Waals surface area contributed by atoms with Crippen LogP contribution in [-0.4, -0.2) is 54.8 Å². The van der Waals surface area contributed by atoms with Crippen LogP contribution in [0.2, 0.25) is 0 Å². The van der Waals surface area contributed by atoms with Gasteiger partial charge in [0, 0.05) is 38.0 Å². The van der Waals surface area contributed by atoms with Gasteiger partial charge in [0.05, 0.1) is 6.04 Å². The Hall–Kier alpha value is -1.88. The van der Waals surface area contributed by atoms with Crippen LogP contribution in [0.3, 0.4) is 0 Å². The lowest BCUT2D eigenvalue weighted by atomic mass is 9.96. The van der Waals surface area contributed by atoms with Crippen LogP contribution in [0.15, 0.2) is 30.3 Å². The van der Waals surface area contributed by atoms with Crippen molar-refractivity contribution in [1.29, 1.82) is 0 Å². The lowest BCUT2D eigenvalue weighted by molar-refractivity contribution is -0.136. The van der Waals surface area contributed by atoms with Crippen LogP contribution in [0.5, 0.6) is 0 Å². The Morgan fingerprint density at radius 3 is 2.46 bits per heavy atom. The molecule has 1 saturated heterocycles. The van der Waals surface area contributed by atoms with Gasteiger partial charge >= 0.3 is 0 Å². The van der Waals surface area contributed by atoms with Crippen molar-refractivity contribution in [2.45, 2.75) is 33.2 Å². The highest BCUT2D eigenvalue weighted by Crippen LogP contribution is 2.25. The summed E-state index contributed by atoms with van der Waals surface area (Å²) >= 11 is 0. The van der Waals surface area contributed by atoms with Gasteiger partial charge in [-0.3, -0.25) is 9.59 Å². The van der Waals surface area contributed by atoms with Gasteiger partial charge in [-0.2, -0.15) is 0 Å². The van der Waals surface area contributed by atoms with E-state index >= 15 is 0 Å². The van der Waals surface area contributed by atoms with Gasteiger partial charge in [0.25, 0.3) is 0 Å². The molecule has 1 aromatic rings. The molecule has 1 aliphatic rings. The van der Waals surface area contributed by atoms with E-state index in [1.807, 2.05) is 43.9 Å². The zero-order valence-electron chi connectivity index (χ0n) is 15.2. The highest BCUT2D eigenvalue weighted by molar-refractivity contribution is 5.82. The molecule has 5 heteroatoms. The largest absolute Gasteiger partial charge is 0.355 e. The molecule has 0 spiro atoms. The third-order valence-electron chi connectivity index (χ3n) is 4.39. The quantitative estimate of drug-likeness (QED) is 0.919. The number of nitrogens with one attached hydrogen (secondary N) is 1. The van der Waals surface area contributed by atoms with E-state index in [1.54, 1.807) is 0 Å². The van der Waals surface area contributed by atoms with Gasteiger partial charge in [-0.05, 0) is 12.6 Å². The van der Waals surface area contributed by atoms with E-state index in [1.165, 1.54) is 0 Å². The molecule has 0 saturated carbocycles. The zero-order chi connectivity index (χ0) is 17.7. The van der Waals surface area contributed by atoms with E-state index < -0.39 is 5.41 Å². The topological polar surface area (TPSA) is 52.6 Å². The molecule has 1 atom stereocenters. The minimum Gasteiger partial charge on any atom is -0.355 e. The summed E-state index contributed by atoms with van der Waals surface area (Å²) in [6, 6.07) is 10.2. The van der Waals surface area contributed by atoms with Crippen molar-refractivity contribution in [3.05, 3.63) is 35.9 Å². The van der Waals surface area contributed by atoms with Gasteiger partial charge in [-0.25, -0.2) is 0 Å². The molecular weight excluding hydrogens is 302 g/mol. The van der Waals surface area contributed by atoms with E-state index in [9.17, 15) is 9.59 Å². The van der Waals surface area contributed by atoms with Crippen molar-refractivity contribution >= 4 is 11.8 Å². The fraction of sp³-hybridized carbons (Fsp3) is 0.579. The van der Waals surface area contributed by atoms with Crippen LogP contribution >= 0.6 is 0 Å². The van der Waals surface area contributed by atoms with E-state index in [0.717, 1.165) is 25.2 Å². The van der Waals surface area contributed by atoms with Gasteiger partial charge in [0.2, 0.25) is 11.8 Å². The highest BCUT2D eigenvalue weighted by atomic mass is 16.2. The van der Waals surface area contributed by atoms with Gasteiger partial charge < -0.3 is 15.1 Å². The number of hydrogen-bond acceptors (Lipinski definition) is 3. The third-order valence-corrected chi connectivity index (χ3v) is 4.39. The first-order chi connectivity index (χ1) is 11.3. The summed E-state index contributed by atoms with van der Waals surface area (Å²) in [6.45, 7) is 8.45. The Bertz CT molecular complexity index is 566. The number of amides is 2. The molecule has 5 nitrogen and oxygen atoms in total. The Morgan fingerprint density at radius 1 is 1.17 bits per heavy atom. The molecule has 0 radical (unpaired) electrons. The fourth-order valence-corrected chi connectivity index (χ4v) is 2.87. The Balaban J connectivity index is 1.97. The minimum absolute atomic E-state index is 0.0201. The molecule has 2 amide bonds. The minimum atomic E-state index is -0.427. The van der Waals surface area contributed by atoms with E-state index in [-0.39, 0.29) is 17.9 Å². The summed E-state index contributed by atoms with van der Waals surface area (Å²) < 4.78 is 0. The maximum Gasteiger partial charge on any atom is 0.225 e. The van der Waals surface area contributed by atoms with Gasteiger partial charge in [0.15, 0.2) is 0 Å². The SMILES string of the molecule is CN1CCN(C(=O)CCNC(=O)C(C)(C)C)C(c2ccccc2)C1. The van der Waals surface area contributed by atoms with E-state index in [4.69, 9.17) is 0 Å². The van der Waals surface area contributed by atoms with Gasteiger partial charge in [0.1, 0.15) is 0 Å². The summed E-state index contributed by atoms with van der Waals surface area (Å²) in [6.07, 6.45) is 0.342. The molecule has 0 bridgehead atoms. The number of likely N-dealkylation sites (N-methyl/N-ethyl adjacent to an activating group) is 1. The zero-order valence-corrected chi connectivity index (χ0v) is 15.2. The van der Waals surface area contributed by atoms with Crippen molar-refractivity contribution in [2.24, 2.45) is 5.41 Å². The van der Waals surface area contributed by atoms with Crippen LogP contribution in [-0.2, 0) is 9.59 Å². The molecule has 1 fully saturated rings. The number of piperazine rings is 1. The van der Waals surface area contributed by atoms with Crippen molar-refractivity contribution in [1.82, 2.24) is 15.1 Å². The smallest absolute Gasteiger partial charge is 0.225 e. The maximum atomic E-state index is 12.7. The van der Waals surface area contributed by atoms with Crippen molar-refractivity contribution in [3.63, 3.8) is 0 Å².